The molecule has 1 heterocycles. The monoisotopic (exact) mass is 646 g/mol. The Hall–Kier alpha value is -2.88. The smallest absolute Gasteiger partial charge is 0.164 e. The fourth-order valence-electron chi connectivity index (χ4n) is 3.22. The normalized spacial score (nSPS) is 12.0. The van der Waals surface area contributed by atoms with Crippen LogP contribution in [0.1, 0.15) is 47.1 Å². The van der Waals surface area contributed by atoms with E-state index in [1.54, 1.807) is 6.33 Å². The van der Waals surface area contributed by atoms with Crippen LogP contribution >= 0.6 is 0 Å². The molecule has 5 heteroatoms. The topological polar surface area (TPSA) is 63.1 Å². The summed E-state index contributed by atoms with van der Waals surface area (Å²) in [6.45, 7) is 13.2. The molecule has 185 valence electrons. The molecule has 0 fully saturated rings. The predicted octanol–water partition coefficient (Wildman–Crippen LogP) is 7.65. The average molecular weight is 646 g/mol. The Morgan fingerprint density at radius 1 is 0.886 bits per heavy atom. The van der Waals surface area contributed by atoms with Crippen molar-refractivity contribution in [3.8, 4) is 11.3 Å². The third-order valence-electron chi connectivity index (χ3n) is 5.53. The first kappa shape index (κ1) is 28.4. The molecule has 0 bridgehead atoms. The van der Waals surface area contributed by atoms with Gasteiger partial charge in [-0.3, -0.25) is 9.78 Å². The first-order valence-electron chi connectivity index (χ1n) is 11.4. The number of carbonyl (C=O) groups excluding carboxylic acids is 1. The molecular formula is C30H33IrN2O2-. The first-order chi connectivity index (χ1) is 15.9. The van der Waals surface area contributed by atoms with E-state index >= 15 is 0 Å². The van der Waals surface area contributed by atoms with Gasteiger partial charge in [0.25, 0.3) is 0 Å². The Balaban J connectivity index is 0.000000271. The third-order valence-corrected chi connectivity index (χ3v) is 5.53. The van der Waals surface area contributed by atoms with Gasteiger partial charge in [-0.25, -0.2) is 4.98 Å². The molecule has 0 unspecified atom stereocenters. The number of ketones is 1. The van der Waals surface area contributed by atoms with Crippen LogP contribution in [-0.2, 0) is 24.9 Å². The molecule has 0 atom stereocenters. The zero-order valence-electron chi connectivity index (χ0n) is 21.4. The van der Waals surface area contributed by atoms with E-state index in [0.29, 0.717) is 0 Å². The minimum atomic E-state index is -0.417. The molecule has 4 nitrogen and oxygen atoms in total. The summed E-state index contributed by atoms with van der Waals surface area (Å²) in [7, 11) is 0. The Kier molecular flexibility index (Phi) is 9.11. The van der Waals surface area contributed by atoms with Crippen LogP contribution in [-0.4, -0.2) is 20.9 Å². The van der Waals surface area contributed by atoms with Crippen molar-refractivity contribution in [3.63, 3.8) is 0 Å². The van der Waals surface area contributed by atoms with E-state index in [1.165, 1.54) is 17.0 Å². The second-order valence-electron chi connectivity index (χ2n) is 10.6. The summed E-state index contributed by atoms with van der Waals surface area (Å²) < 4.78 is 0. The summed E-state index contributed by atoms with van der Waals surface area (Å²) in [6.07, 6.45) is 2.97. The van der Waals surface area contributed by atoms with Gasteiger partial charge < -0.3 is 5.11 Å². The number of aromatic nitrogens is 2. The van der Waals surface area contributed by atoms with E-state index < -0.39 is 5.41 Å². The van der Waals surface area contributed by atoms with Crippen molar-refractivity contribution in [1.29, 1.82) is 0 Å². The Morgan fingerprint density at radius 3 is 2.17 bits per heavy atom. The maximum Gasteiger partial charge on any atom is 0.164 e. The number of allylic oxidation sites excluding steroid dienone is 2. The van der Waals surface area contributed by atoms with Gasteiger partial charge in [-0.2, -0.15) is 0 Å². The molecule has 0 saturated carbocycles. The van der Waals surface area contributed by atoms with Crippen molar-refractivity contribution in [2.24, 2.45) is 10.8 Å². The SMILES string of the molecule is CC(C)(C)C(=O)/C=C(\O)C(C)(C)C.Cc1c[c-]c(-c2ncnc3c2ccc2ccccc23)cc1.[Ir]. The number of aryl methyl sites for hydroxylation is 1. The maximum absolute atomic E-state index is 11.5. The largest absolute Gasteiger partial charge is 0.512 e. The molecule has 1 aromatic heterocycles. The van der Waals surface area contributed by atoms with Gasteiger partial charge >= 0.3 is 0 Å². The Morgan fingerprint density at radius 2 is 1.57 bits per heavy atom. The molecular weight excluding hydrogens is 613 g/mol. The number of carbonyl (C=O) groups is 1. The fourth-order valence-corrected chi connectivity index (χ4v) is 3.22. The number of hydrogen-bond acceptors (Lipinski definition) is 4. The standard InChI is InChI=1S/C19H13N2.C11H20O2.Ir/c1-13-6-8-15(9-7-13)18-17-11-10-14-4-2-3-5-16(14)19(17)21-12-20-18;1-10(2,3)8(12)7-9(13)11(4,5)6;/h2-8,10-12H,1H3;7,12H,1-6H3;/q-1;;/b;8-7-;. The van der Waals surface area contributed by atoms with Crippen LogP contribution in [0.15, 0.2) is 72.8 Å². The summed E-state index contributed by atoms with van der Waals surface area (Å²) in [5, 5.41) is 13.0. The van der Waals surface area contributed by atoms with Crippen molar-refractivity contribution in [2.45, 2.75) is 48.5 Å². The molecule has 4 rings (SSSR count). The number of aliphatic hydroxyl groups is 1. The molecule has 0 spiro atoms. The van der Waals surface area contributed by atoms with E-state index in [1.807, 2.05) is 59.7 Å². The van der Waals surface area contributed by atoms with Crippen LogP contribution in [0.5, 0.6) is 0 Å². The van der Waals surface area contributed by atoms with Crippen molar-refractivity contribution in [2.75, 3.05) is 0 Å². The van der Waals surface area contributed by atoms with E-state index in [4.69, 9.17) is 0 Å². The van der Waals surface area contributed by atoms with Crippen LogP contribution < -0.4 is 0 Å². The van der Waals surface area contributed by atoms with Gasteiger partial charge in [0.05, 0.1) is 5.52 Å². The quantitative estimate of drug-likeness (QED) is 0.105. The molecule has 0 aliphatic heterocycles. The van der Waals surface area contributed by atoms with Crippen LogP contribution in [0.25, 0.3) is 32.9 Å². The van der Waals surface area contributed by atoms with Crippen LogP contribution in [0.3, 0.4) is 0 Å². The van der Waals surface area contributed by atoms with E-state index in [9.17, 15) is 9.90 Å². The molecule has 1 N–H and O–H groups in total. The summed E-state index contributed by atoms with van der Waals surface area (Å²) >= 11 is 0. The molecule has 35 heavy (non-hydrogen) atoms. The van der Waals surface area contributed by atoms with Crippen LogP contribution in [0, 0.1) is 23.8 Å². The van der Waals surface area contributed by atoms with Crippen LogP contribution in [0.2, 0.25) is 0 Å². The zero-order chi connectivity index (χ0) is 25.1. The molecule has 0 saturated heterocycles. The average Bonchev–Trinajstić information content (AvgIpc) is 2.78. The van der Waals surface area contributed by atoms with Gasteiger partial charge in [0.1, 0.15) is 12.1 Å². The Bertz CT molecular complexity index is 1350. The second kappa shape index (κ2) is 11.2. The van der Waals surface area contributed by atoms with E-state index in [0.717, 1.165) is 27.5 Å². The summed E-state index contributed by atoms with van der Waals surface area (Å²) in [5.41, 5.74) is 3.36. The minimum Gasteiger partial charge on any atom is -0.512 e. The number of hydrogen-bond donors (Lipinski definition) is 1. The van der Waals surface area contributed by atoms with Crippen molar-refractivity contribution in [1.82, 2.24) is 9.97 Å². The minimum absolute atomic E-state index is 0. The zero-order valence-corrected chi connectivity index (χ0v) is 23.8. The van der Waals surface area contributed by atoms with Gasteiger partial charge in [-0.15, -0.1) is 35.4 Å². The van der Waals surface area contributed by atoms with Gasteiger partial charge in [0.15, 0.2) is 5.78 Å². The predicted molar refractivity (Wildman–Crippen MR) is 141 cm³/mol. The molecule has 0 aliphatic rings. The number of benzene rings is 3. The van der Waals surface area contributed by atoms with Gasteiger partial charge in [0, 0.05) is 42.4 Å². The number of nitrogens with zero attached hydrogens (tertiary/aromatic N) is 2. The molecule has 0 aliphatic carbocycles. The number of aliphatic hydroxyl groups excluding tert-OH is 1. The second-order valence-corrected chi connectivity index (χ2v) is 10.6. The van der Waals surface area contributed by atoms with Gasteiger partial charge in [0.2, 0.25) is 0 Å². The molecule has 0 amide bonds. The Labute approximate surface area is 221 Å². The third kappa shape index (κ3) is 7.06. The maximum atomic E-state index is 11.5. The van der Waals surface area contributed by atoms with Crippen molar-refractivity contribution >= 4 is 27.5 Å². The first-order valence-corrected chi connectivity index (χ1v) is 11.4. The number of rotatable bonds is 2. The molecule has 3 aromatic carbocycles. The van der Waals surface area contributed by atoms with Crippen molar-refractivity contribution in [3.05, 3.63) is 84.4 Å². The summed E-state index contributed by atoms with van der Waals surface area (Å²) in [6, 6.07) is 22.0. The number of fused-ring (bicyclic) bond motifs is 3. The molecule has 1 radical (unpaired) electrons. The molecule has 4 aromatic rings. The van der Waals surface area contributed by atoms with E-state index in [2.05, 4.69) is 59.4 Å². The van der Waals surface area contributed by atoms with E-state index in [-0.39, 0.29) is 37.1 Å². The van der Waals surface area contributed by atoms with Gasteiger partial charge in [-0.05, 0) is 16.5 Å². The van der Waals surface area contributed by atoms with Crippen molar-refractivity contribution < 1.29 is 30.0 Å². The summed E-state index contributed by atoms with van der Waals surface area (Å²) in [5.74, 6) is 0.104. The van der Waals surface area contributed by atoms with Gasteiger partial charge in [-0.1, -0.05) is 84.9 Å². The van der Waals surface area contributed by atoms with Crippen LogP contribution in [0.4, 0.5) is 0 Å². The fraction of sp³-hybridized carbons (Fsp3) is 0.300. The summed E-state index contributed by atoms with van der Waals surface area (Å²) in [4.78, 5) is 20.4.